The Morgan fingerprint density at radius 3 is 2.61 bits per heavy atom. The maximum absolute atomic E-state index is 13.2. The van der Waals surface area contributed by atoms with Crippen molar-refractivity contribution in [1.82, 2.24) is 5.32 Å². The average Bonchev–Trinajstić information content (AvgIpc) is 3.00. The van der Waals surface area contributed by atoms with Crippen molar-refractivity contribution >= 4 is 52.6 Å². The van der Waals surface area contributed by atoms with Crippen LogP contribution in [-0.2, 0) is 9.36 Å². The van der Waals surface area contributed by atoms with Crippen LogP contribution in [0, 0.1) is 11.6 Å². The van der Waals surface area contributed by atoms with Crippen LogP contribution in [0.25, 0.3) is 16.2 Å². The van der Waals surface area contributed by atoms with E-state index in [1.165, 1.54) is 34.9 Å². The summed E-state index contributed by atoms with van der Waals surface area (Å²) in [6.07, 6.45) is 2.39. The lowest BCUT2D eigenvalue weighted by atomic mass is 10.1. The zero-order valence-corrected chi connectivity index (χ0v) is 16.4. The molecule has 146 valence electrons. The lowest BCUT2D eigenvalue weighted by molar-refractivity contribution is -0.120. The number of hydrogen-bond acceptors (Lipinski definition) is 3. The van der Waals surface area contributed by atoms with E-state index in [4.69, 9.17) is 11.6 Å². The molecule has 1 atom stereocenters. The quantitative estimate of drug-likeness (QED) is 0.493. The minimum Gasteiger partial charge on any atom is -0.332 e. The van der Waals surface area contributed by atoms with E-state index in [1.54, 1.807) is 12.1 Å². The molecule has 0 aliphatic rings. The summed E-state index contributed by atoms with van der Waals surface area (Å²) in [6.45, 7) is 0. The van der Waals surface area contributed by atoms with Crippen LogP contribution in [0.5, 0.6) is 0 Å². The first kappa shape index (κ1) is 20.6. The highest BCUT2D eigenvalue weighted by Gasteiger charge is 2.38. The van der Waals surface area contributed by atoms with Gasteiger partial charge in [-0.25, -0.2) is 8.78 Å². The molecule has 1 aromatic heterocycles. The molecule has 1 unspecified atom stereocenters. The number of carbonyl (C=O) groups excluding carboxylic acids is 1. The molecule has 2 aromatic carbocycles. The number of amides is 1. The Kier molecular flexibility index (Phi) is 5.98. The number of nitrogens with one attached hydrogen (secondary N) is 1. The first-order chi connectivity index (χ1) is 13.2. The van der Waals surface area contributed by atoms with Crippen LogP contribution in [-0.4, -0.2) is 15.7 Å². The Balaban J connectivity index is 1.88. The number of halogens is 3. The summed E-state index contributed by atoms with van der Waals surface area (Å²) in [7, 11) is -4.86. The minimum atomic E-state index is -4.86. The molecule has 0 fully saturated rings. The standard InChI is InChI=1S/C18H13ClF2NO4PS/c19-11-2-4-16-12(8-11)13(9-28-16)17(27(24,25)26)18(23)22-6-5-10-1-3-14(20)15(21)7-10/h1-9,17H,(H,22,23)(H2,24,25,26)/i20-1. The molecule has 0 saturated carbocycles. The van der Waals surface area contributed by atoms with Gasteiger partial charge < -0.3 is 15.1 Å². The molecule has 0 bridgehead atoms. The molecule has 0 spiro atoms. The van der Waals surface area contributed by atoms with Crippen molar-refractivity contribution < 1.29 is 27.9 Å². The second-order valence-electron chi connectivity index (χ2n) is 5.84. The molecule has 3 rings (SSSR count). The molecule has 1 amide bonds. The fraction of sp³-hybridized carbons (Fsp3) is 0.0556. The van der Waals surface area contributed by atoms with Crippen LogP contribution in [0.4, 0.5) is 8.78 Å². The maximum Gasteiger partial charge on any atom is 0.342 e. The summed E-state index contributed by atoms with van der Waals surface area (Å²) in [4.78, 5) is 32.0. The lowest BCUT2D eigenvalue weighted by Gasteiger charge is -2.16. The summed E-state index contributed by atoms with van der Waals surface area (Å²) in [6, 6.07) is 8.01. The number of hydrogen-bond donors (Lipinski definition) is 3. The van der Waals surface area contributed by atoms with Crippen molar-refractivity contribution in [1.29, 1.82) is 0 Å². The average molecular weight is 443 g/mol. The van der Waals surface area contributed by atoms with Gasteiger partial charge in [0.25, 0.3) is 0 Å². The number of carbonyl (C=O) groups is 1. The van der Waals surface area contributed by atoms with Gasteiger partial charge in [-0.15, -0.1) is 11.3 Å². The van der Waals surface area contributed by atoms with Crippen molar-refractivity contribution in [2.45, 2.75) is 5.66 Å². The molecule has 10 heteroatoms. The summed E-state index contributed by atoms with van der Waals surface area (Å²) < 4.78 is 38.9. The van der Waals surface area contributed by atoms with E-state index in [0.717, 1.165) is 23.0 Å². The number of thiophene rings is 1. The van der Waals surface area contributed by atoms with E-state index in [1.807, 2.05) is 0 Å². The van der Waals surface area contributed by atoms with Gasteiger partial charge in [-0.2, -0.15) is 0 Å². The van der Waals surface area contributed by atoms with Crippen molar-refractivity contribution in [3.05, 3.63) is 75.8 Å². The number of rotatable bonds is 5. The van der Waals surface area contributed by atoms with E-state index >= 15 is 0 Å². The predicted molar refractivity (Wildman–Crippen MR) is 105 cm³/mol. The summed E-state index contributed by atoms with van der Waals surface area (Å²) in [5, 5.41) is 4.63. The van der Waals surface area contributed by atoms with E-state index in [0.29, 0.717) is 10.4 Å². The summed E-state index contributed by atoms with van der Waals surface area (Å²) >= 11 is 7.19. The monoisotopic (exact) mass is 442 g/mol. The molecule has 28 heavy (non-hydrogen) atoms. The normalized spacial score (nSPS) is 13.2. The molecule has 0 radical (unpaired) electrons. The smallest absolute Gasteiger partial charge is 0.332 e. The van der Waals surface area contributed by atoms with Crippen molar-refractivity contribution in [3.63, 3.8) is 0 Å². The van der Waals surface area contributed by atoms with Gasteiger partial charge in [0.15, 0.2) is 17.3 Å². The third-order valence-corrected chi connectivity index (χ3v) is 6.29. The first-order valence-corrected chi connectivity index (χ1v) is 10.7. The van der Waals surface area contributed by atoms with E-state index in [9.17, 15) is 27.9 Å². The molecule has 0 aliphatic heterocycles. The highest BCUT2D eigenvalue weighted by Crippen LogP contribution is 2.54. The van der Waals surface area contributed by atoms with Gasteiger partial charge in [-0.3, -0.25) is 9.36 Å². The Labute approximate surface area is 167 Å². The molecule has 3 aromatic rings. The topological polar surface area (TPSA) is 86.6 Å². The van der Waals surface area contributed by atoms with Gasteiger partial charge in [0.2, 0.25) is 5.91 Å². The second kappa shape index (κ2) is 8.11. The largest absolute Gasteiger partial charge is 0.342 e. The molecule has 5 nitrogen and oxygen atoms in total. The highest BCUT2D eigenvalue weighted by molar-refractivity contribution is 7.53. The van der Waals surface area contributed by atoms with Gasteiger partial charge in [-0.1, -0.05) is 17.7 Å². The lowest BCUT2D eigenvalue weighted by Crippen LogP contribution is -2.25. The molecular formula is C18H13ClF2NO4PS. The van der Waals surface area contributed by atoms with Crippen LogP contribution in [0.1, 0.15) is 16.8 Å². The first-order valence-electron chi connectivity index (χ1n) is 7.80. The third-order valence-electron chi connectivity index (χ3n) is 3.89. The van der Waals surface area contributed by atoms with Gasteiger partial charge in [0.05, 0.1) is 0 Å². The Bertz CT molecular complexity index is 1130. The SMILES string of the molecule is O=C(NC=Cc1ccc([18F])c(F)c1)C(c1csc2ccc(Cl)cc12)P(=O)(O)O. The van der Waals surface area contributed by atoms with Crippen LogP contribution in [0.15, 0.2) is 48.0 Å². The molecular weight excluding hydrogens is 430 g/mol. The zero-order chi connectivity index (χ0) is 20.5. The van der Waals surface area contributed by atoms with Gasteiger partial charge in [-0.05, 0) is 58.3 Å². The van der Waals surface area contributed by atoms with E-state index in [2.05, 4.69) is 5.32 Å². The van der Waals surface area contributed by atoms with Crippen molar-refractivity contribution in [2.75, 3.05) is 0 Å². The van der Waals surface area contributed by atoms with Crippen LogP contribution >= 0.6 is 30.5 Å². The predicted octanol–water partition coefficient (Wildman–Crippen LogP) is 4.84. The van der Waals surface area contributed by atoms with Gasteiger partial charge in [0, 0.05) is 15.9 Å². The summed E-state index contributed by atoms with van der Waals surface area (Å²) in [5.74, 6) is -3.00. The van der Waals surface area contributed by atoms with Gasteiger partial charge >= 0.3 is 7.60 Å². The summed E-state index contributed by atoms with van der Waals surface area (Å²) in [5.41, 5.74) is -1.32. The van der Waals surface area contributed by atoms with Crippen LogP contribution in [0.2, 0.25) is 5.02 Å². The Hall–Kier alpha value is -2.09. The zero-order valence-electron chi connectivity index (χ0n) is 14.0. The highest BCUT2D eigenvalue weighted by atomic mass is 35.5. The van der Waals surface area contributed by atoms with Gasteiger partial charge in [0.1, 0.15) is 0 Å². The van der Waals surface area contributed by atoms with Crippen molar-refractivity contribution in [2.24, 2.45) is 0 Å². The fourth-order valence-electron chi connectivity index (χ4n) is 2.62. The van der Waals surface area contributed by atoms with Crippen LogP contribution < -0.4 is 5.32 Å². The van der Waals surface area contributed by atoms with Crippen LogP contribution in [0.3, 0.4) is 0 Å². The Morgan fingerprint density at radius 1 is 1.18 bits per heavy atom. The number of benzene rings is 2. The fourth-order valence-corrected chi connectivity index (χ4v) is 4.82. The number of fused-ring (bicyclic) bond motifs is 1. The Morgan fingerprint density at radius 2 is 1.93 bits per heavy atom. The molecule has 1 heterocycles. The van der Waals surface area contributed by atoms with Crippen molar-refractivity contribution in [3.8, 4) is 0 Å². The second-order valence-corrected chi connectivity index (χ2v) is 8.88. The van der Waals surface area contributed by atoms with E-state index in [-0.39, 0.29) is 11.1 Å². The minimum absolute atomic E-state index is 0.162. The van der Waals surface area contributed by atoms with E-state index < -0.39 is 30.8 Å². The molecule has 3 N–H and O–H groups in total. The third kappa shape index (κ3) is 4.48. The molecule has 0 aliphatic carbocycles. The molecule has 0 saturated heterocycles. The maximum atomic E-state index is 13.2.